The van der Waals surface area contributed by atoms with E-state index in [2.05, 4.69) is 160 Å². The van der Waals surface area contributed by atoms with Crippen LogP contribution < -0.4 is 0 Å². The maximum atomic E-state index is 2.45. The maximum absolute atomic E-state index is 2.45. The number of benzene rings is 8. The lowest BCUT2D eigenvalue weighted by atomic mass is 9.81. The van der Waals surface area contributed by atoms with Crippen LogP contribution >= 0.6 is 0 Å². The van der Waals surface area contributed by atoms with Gasteiger partial charge in [-0.15, -0.1) is 0 Å². The van der Waals surface area contributed by atoms with E-state index in [0.29, 0.717) is 0 Å². The molecule has 0 aliphatic rings. The average molecular weight is 537 g/mol. The van der Waals surface area contributed by atoms with Crippen LogP contribution in [0.4, 0.5) is 0 Å². The normalized spacial score (nSPS) is 12.2. The highest BCUT2D eigenvalue weighted by molar-refractivity contribution is 6.22. The van der Waals surface area contributed by atoms with Crippen molar-refractivity contribution in [3.05, 3.63) is 145 Å². The Morgan fingerprint density at radius 3 is 1.55 bits per heavy atom. The summed E-state index contributed by atoms with van der Waals surface area (Å²) >= 11 is 0. The molecule has 0 aliphatic heterocycles. The number of rotatable bonds is 2. The van der Waals surface area contributed by atoms with Gasteiger partial charge < -0.3 is 0 Å². The van der Waals surface area contributed by atoms with Crippen LogP contribution in [0.2, 0.25) is 0 Å². The quantitative estimate of drug-likeness (QED) is 0.152. The first-order chi connectivity index (χ1) is 20.5. The topological polar surface area (TPSA) is 0 Å². The molecule has 0 fully saturated rings. The van der Waals surface area contributed by atoms with Crippen molar-refractivity contribution < 1.29 is 0 Å². The standard InChI is InChI=1S/C42H32/c1-42(2,3)33-22-23-37-39(26-33)41(31-20-16-27-10-4-5-12-30(27)24-31)36-15-9-8-14-35(36)40(37)32-21-19-29-18-17-28-11-6-7-13-34(28)38(29)25-32/h4-26H,1-3H3. The van der Waals surface area contributed by atoms with Gasteiger partial charge in [0.1, 0.15) is 0 Å². The van der Waals surface area contributed by atoms with Gasteiger partial charge in [0.2, 0.25) is 0 Å². The molecular weight excluding hydrogens is 504 g/mol. The maximum Gasteiger partial charge on any atom is -0.00260 e. The van der Waals surface area contributed by atoms with E-state index in [4.69, 9.17) is 0 Å². The third-order valence-electron chi connectivity index (χ3n) is 8.96. The van der Waals surface area contributed by atoms with Gasteiger partial charge >= 0.3 is 0 Å². The molecule has 0 spiro atoms. The zero-order valence-corrected chi connectivity index (χ0v) is 24.3. The van der Waals surface area contributed by atoms with Gasteiger partial charge in [-0.2, -0.15) is 0 Å². The van der Waals surface area contributed by atoms with Gasteiger partial charge in [-0.3, -0.25) is 0 Å². The van der Waals surface area contributed by atoms with Gasteiger partial charge in [-0.05, 0) is 105 Å². The van der Waals surface area contributed by atoms with Crippen LogP contribution in [0.15, 0.2) is 140 Å². The van der Waals surface area contributed by atoms with Gasteiger partial charge in [0.05, 0.1) is 0 Å². The van der Waals surface area contributed by atoms with Crippen molar-refractivity contribution in [2.45, 2.75) is 26.2 Å². The van der Waals surface area contributed by atoms with Crippen molar-refractivity contribution in [2.24, 2.45) is 0 Å². The summed E-state index contributed by atoms with van der Waals surface area (Å²) in [5.41, 5.74) is 6.53. The average Bonchev–Trinajstić information content (AvgIpc) is 3.02. The number of hydrogen-bond acceptors (Lipinski definition) is 0. The first-order valence-electron chi connectivity index (χ1n) is 14.9. The summed E-state index contributed by atoms with van der Waals surface area (Å²) in [7, 11) is 0. The molecule has 0 nitrogen and oxygen atoms in total. The molecule has 0 heterocycles. The van der Waals surface area contributed by atoms with Crippen LogP contribution in [0.5, 0.6) is 0 Å². The molecule has 0 saturated heterocycles. The zero-order valence-electron chi connectivity index (χ0n) is 24.3. The fourth-order valence-electron chi connectivity index (χ4n) is 6.77. The largest absolute Gasteiger partial charge is 0.0616 e. The predicted molar refractivity (Wildman–Crippen MR) is 184 cm³/mol. The highest BCUT2D eigenvalue weighted by Crippen LogP contribution is 2.46. The molecule has 0 unspecified atom stereocenters. The Kier molecular flexibility index (Phi) is 5.49. The molecule has 42 heavy (non-hydrogen) atoms. The summed E-state index contributed by atoms with van der Waals surface area (Å²) in [5.74, 6) is 0. The second-order valence-corrected chi connectivity index (χ2v) is 12.6. The summed E-state index contributed by atoms with van der Waals surface area (Å²) < 4.78 is 0. The molecule has 0 radical (unpaired) electrons. The van der Waals surface area contributed by atoms with E-state index in [-0.39, 0.29) is 5.41 Å². The lowest BCUT2D eigenvalue weighted by molar-refractivity contribution is 0.591. The molecule has 8 aromatic rings. The molecule has 0 heteroatoms. The van der Waals surface area contributed by atoms with E-state index in [9.17, 15) is 0 Å². The molecule has 0 bridgehead atoms. The fraction of sp³-hybridized carbons (Fsp3) is 0.0952. The van der Waals surface area contributed by atoms with Crippen LogP contribution in [0.25, 0.3) is 76.1 Å². The van der Waals surface area contributed by atoms with E-state index in [1.165, 1.54) is 81.7 Å². The molecule has 0 amide bonds. The van der Waals surface area contributed by atoms with Gasteiger partial charge in [0.25, 0.3) is 0 Å². The Hall–Kier alpha value is -4.94. The molecule has 8 aromatic carbocycles. The fourth-order valence-corrected chi connectivity index (χ4v) is 6.77. The van der Waals surface area contributed by atoms with Crippen molar-refractivity contribution >= 4 is 53.9 Å². The third kappa shape index (κ3) is 3.90. The van der Waals surface area contributed by atoms with Crippen molar-refractivity contribution in [1.29, 1.82) is 0 Å². The van der Waals surface area contributed by atoms with Crippen molar-refractivity contribution in [3.63, 3.8) is 0 Å². The van der Waals surface area contributed by atoms with Crippen LogP contribution in [-0.4, -0.2) is 0 Å². The molecule has 0 saturated carbocycles. The summed E-state index contributed by atoms with van der Waals surface area (Å²) in [5, 5.41) is 12.9. The minimum atomic E-state index is 0.0442. The second kappa shape index (κ2) is 9.29. The summed E-state index contributed by atoms with van der Waals surface area (Å²) in [6.45, 7) is 6.92. The van der Waals surface area contributed by atoms with Gasteiger partial charge in [0.15, 0.2) is 0 Å². The van der Waals surface area contributed by atoms with E-state index in [1.54, 1.807) is 0 Å². The third-order valence-corrected chi connectivity index (χ3v) is 8.96. The number of hydrogen-bond donors (Lipinski definition) is 0. The number of fused-ring (bicyclic) bond motifs is 6. The molecular formula is C42H32. The summed E-state index contributed by atoms with van der Waals surface area (Å²) in [6, 6.07) is 51.9. The summed E-state index contributed by atoms with van der Waals surface area (Å²) in [6.07, 6.45) is 0. The molecule has 0 N–H and O–H groups in total. The predicted octanol–water partition coefficient (Wildman–Crippen LogP) is 12.1. The minimum absolute atomic E-state index is 0.0442. The van der Waals surface area contributed by atoms with Crippen molar-refractivity contribution in [2.75, 3.05) is 0 Å². The Balaban J connectivity index is 1.51. The van der Waals surface area contributed by atoms with Gasteiger partial charge in [-0.1, -0.05) is 142 Å². The van der Waals surface area contributed by atoms with Crippen LogP contribution in [0.1, 0.15) is 26.3 Å². The Bertz CT molecular complexity index is 2330. The lowest BCUT2D eigenvalue weighted by Crippen LogP contribution is -2.10. The van der Waals surface area contributed by atoms with Gasteiger partial charge in [-0.25, -0.2) is 0 Å². The Morgan fingerprint density at radius 2 is 0.833 bits per heavy atom. The van der Waals surface area contributed by atoms with Gasteiger partial charge in [0, 0.05) is 0 Å². The molecule has 200 valence electrons. The Morgan fingerprint density at radius 1 is 0.333 bits per heavy atom. The van der Waals surface area contributed by atoms with E-state index in [1.807, 2.05) is 0 Å². The Labute approximate surface area is 246 Å². The lowest BCUT2D eigenvalue weighted by Gasteiger charge is -2.23. The van der Waals surface area contributed by atoms with Crippen LogP contribution in [0.3, 0.4) is 0 Å². The highest BCUT2D eigenvalue weighted by atomic mass is 14.2. The first kappa shape index (κ1) is 24.8. The van der Waals surface area contributed by atoms with Crippen molar-refractivity contribution in [3.8, 4) is 22.3 Å². The SMILES string of the molecule is CC(C)(C)c1ccc2c(-c3ccc4ccc5ccccc5c4c3)c3ccccc3c(-c3ccc4ccccc4c3)c2c1. The van der Waals surface area contributed by atoms with Crippen LogP contribution in [0, 0.1) is 0 Å². The molecule has 0 atom stereocenters. The van der Waals surface area contributed by atoms with Crippen LogP contribution in [-0.2, 0) is 5.41 Å². The van der Waals surface area contributed by atoms with E-state index < -0.39 is 0 Å². The van der Waals surface area contributed by atoms with E-state index in [0.717, 1.165) is 0 Å². The summed E-state index contributed by atoms with van der Waals surface area (Å²) in [4.78, 5) is 0. The molecule has 0 aliphatic carbocycles. The molecule has 0 aromatic heterocycles. The van der Waals surface area contributed by atoms with E-state index >= 15 is 0 Å². The minimum Gasteiger partial charge on any atom is -0.0616 e. The molecule has 8 rings (SSSR count). The zero-order chi connectivity index (χ0) is 28.4. The van der Waals surface area contributed by atoms with Crippen molar-refractivity contribution in [1.82, 2.24) is 0 Å². The second-order valence-electron chi connectivity index (χ2n) is 12.6. The highest BCUT2D eigenvalue weighted by Gasteiger charge is 2.20. The first-order valence-corrected chi connectivity index (χ1v) is 14.9. The smallest absolute Gasteiger partial charge is 0.00260 e. The monoisotopic (exact) mass is 536 g/mol.